The van der Waals surface area contributed by atoms with Crippen molar-refractivity contribution in [2.24, 2.45) is 5.11 Å². The van der Waals surface area contributed by atoms with Gasteiger partial charge in [0.1, 0.15) is 5.70 Å². The van der Waals surface area contributed by atoms with Gasteiger partial charge >= 0.3 is 5.97 Å². The van der Waals surface area contributed by atoms with E-state index in [0.29, 0.717) is 5.69 Å². The Morgan fingerprint density at radius 2 is 2.23 bits per heavy atom. The van der Waals surface area contributed by atoms with Crippen molar-refractivity contribution in [3.8, 4) is 5.69 Å². The van der Waals surface area contributed by atoms with Crippen LogP contribution in [0.3, 0.4) is 0 Å². The standard InChI is InChI=1S/C14H12BrN5O2/c1-2-22-14(21)13(18-19-16)7-12-8-17-9-20(12)11-5-3-10(15)4-6-11/h3-9H,2H2,1H3/b13-7-. The summed E-state index contributed by atoms with van der Waals surface area (Å²) in [5, 5.41) is 3.38. The summed E-state index contributed by atoms with van der Waals surface area (Å²) in [7, 11) is 0. The molecule has 0 saturated heterocycles. The van der Waals surface area contributed by atoms with Gasteiger partial charge in [0, 0.05) is 15.1 Å². The van der Waals surface area contributed by atoms with Crippen LogP contribution < -0.4 is 0 Å². The number of carbonyl (C=O) groups is 1. The van der Waals surface area contributed by atoms with E-state index in [0.717, 1.165) is 10.2 Å². The summed E-state index contributed by atoms with van der Waals surface area (Å²) in [5.41, 5.74) is 9.91. The molecule has 0 unspecified atom stereocenters. The lowest BCUT2D eigenvalue weighted by molar-refractivity contribution is -0.138. The minimum atomic E-state index is -0.677. The van der Waals surface area contributed by atoms with Gasteiger partial charge in [0.15, 0.2) is 0 Å². The largest absolute Gasteiger partial charge is 0.462 e. The molecule has 1 aromatic carbocycles. The molecule has 0 atom stereocenters. The molecule has 0 radical (unpaired) electrons. The van der Waals surface area contributed by atoms with Crippen LogP contribution in [0, 0.1) is 0 Å². The van der Waals surface area contributed by atoms with Gasteiger partial charge < -0.3 is 4.74 Å². The van der Waals surface area contributed by atoms with E-state index in [2.05, 4.69) is 30.9 Å². The van der Waals surface area contributed by atoms with Gasteiger partial charge in [-0.3, -0.25) is 4.57 Å². The zero-order valence-electron chi connectivity index (χ0n) is 11.7. The molecule has 0 fully saturated rings. The predicted molar refractivity (Wildman–Crippen MR) is 85.0 cm³/mol. The molecule has 2 aromatic rings. The molecule has 0 saturated carbocycles. The Labute approximate surface area is 135 Å². The number of rotatable bonds is 5. The van der Waals surface area contributed by atoms with Gasteiger partial charge in [-0.25, -0.2) is 9.78 Å². The van der Waals surface area contributed by atoms with Gasteiger partial charge in [0.05, 0.1) is 24.8 Å². The molecule has 0 spiro atoms. The van der Waals surface area contributed by atoms with Crippen molar-refractivity contribution in [1.82, 2.24) is 9.55 Å². The number of nitrogens with zero attached hydrogens (tertiary/aromatic N) is 5. The van der Waals surface area contributed by atoms with Crippen LogP contribution in [0.4, 0.5) is 0 Å². The molecule has 112 valence electrons. The molecule has 1 heterocycles. The molecule has 0 aliphatic carbocycles. The predicted octanol–water partition coefficient (Wildman–Crippen LogP) is 3.85. The van der Waals surface area contributed by atoms with Gasteiger partial charge in [-0.05, 0) is 42.8 Å². The lowest BCUT2D eigenvalue weighted by Crippen LogP contribution is -2.06. The highest BCUT2D eigenvalue weighted by atomic mass is 79.9. The van der Waals surface area contributed by atoms with Gasteiger partial charge in [-0.1, -0.05) is 21.0 Å². The minimum absolute atomic E-state index is 0.122. The number of hydrogen-bond donors (Lipinski definition) is 0. The molecule has 0 bridgehead atoms. The quantitative estimate of drug-likeness (QED) is 0.266. The van der Waals surface area contributed by atoms with Crippen LogP contribution in [0.5, 0.6) is 0 Å². The van der Waals surface area contributed by atoms with Crippen LogP contribution in [0.15, 0.2) is 52.1 Å². The molecule has 0 N–H and O–H groups in total. The number of esters is 1. The second kappa shape index (κ2) is 7.44. The highest BCUT2D eigenvalue weighted by Gasteiger charge is 2.11. The third kappa shape index (κ3) is 3.75. The van der Waals surface area contributed by atoms with Crippen molar-refractivity contribution in [2.45, 2.75) is 6.92 Å². The van der Waals surface area contributed by atoms with Gasteiger partial charge in [0.25, 0.3) is 0 Å². The molecule has 7 nitrogen and oxygen atoms in total. The van der Waals surface area contributed by atoms with Crippen molar-refractivity contribution in [3.05, 3.63) is 63.1 Å². The molecule has 22 heavy (non-hydrogen) atoms. The number of hydrogen-bond acceptors (Lipinski definition) is 4. The molecular weight excluding hydrogens is 350 g/mol. The summed E-state index contributed by atoms with van der Waals surface area (Å²) >= 11 is 3.37. The van der Waals surface area contributed by atoms with Crippen molar-refractivity contribution in [3.63, 3.8) is 0 Å². The number of benzene rings is 1. The Morgan fingerprint density at radius 3 is 2.86 bits per heavy atom. The van der Waals surface area contributed by atoms with Crippen molar-refractivity contribution < 1.29 is 9.53 Å². The van der Waals surface area contributed by atoms with Crippen LogP contribution in [0.25, 0.3) is 22.2 Å². The number of carbonyl (C=O) groups excluding carboxylic acids is 1. The zero-order chi connectivity index (χ0) is 15.9. The maximum Gasteiger partial charge on any atom is 0.340 e. The Morgan fingerprint density at radius 1 is 1.50 bits per heavy atom. The third-order valence-corrected chi connectivity index (χ3v) is 3.22. The van der Waals surface area contributed by atoms with Crippen molar-refractivity contribution >= 4 is 28.0 Å². The van der Waals surface area contributed by atoms with Gasteiger partial charge in [-0.15, -0.1) is 0 Å². The lowest BCUT2D eigenvalue weighted by Gasteiger charge is -2.06. The smallest absolute Gasteiger partial charge is 0.340 e. The van der Waals surface area contributed by atoms with Gasteiger partial charge in [-0.2, -0.15) is 0 Å². The summed E-state index contributed by atoms with van der Waals surface area (Å²) < 4.78 is 7.57. The Kier molecular flexibility index (Phi) is 5.35. The van der Waals surface area contributed by atoms with E-state index in [1.807, 2.05) is 24.3 Å². The Bertz CT molecular complexity index is 745. The second-order valence-electron chi connectivity index (χ2n) is 4.10. The fraction of sp³-hybridized carbons (Fsp3) is 0.143. The molecule has 0 amide bonds. The second-order valence-corrected chi connectivity index (χ2v) is 5.02. The third-order valence-electron chi connectivity index (χ3n) is 2.69. The van der Waals surface area contributed by atoms with E-state index < -0.39 is 5.97 Å². The first-order chi connectivity index (χ1) is 10.7. The normalized spacial score (nSPS) is 10.9. The van der Waals surface area contributed by atoms with Crippen LogP contribution in [0.2, 0.25) is 0 Å². The average Bonchev–Trinajstić information content (AvgIpc) is 2.96. The lowest BCUT2D eigenvalue weighted by atomic mass is 10.3. The fourth-order valence-electron chi connectivity index (χ4n) is 1.75. The van der Waals surface area contributed by atoms with E-state index in [1.165, 1.54) is 6.08 Å². The summed E-state index contributed by atoms with van der Waals surface area (Å²) in [6.07, 6.45) is 4.61. The number of azide groups is 1. The van der Waals surface area contributed by atoms with E-state index in [9.17, 15) is 4.79 Å². The minimum Gasteiger partial charge on any atom is -0.462 e. The first-order valence-corrected chi connectivity index (χ1v) is 7.17. The van der Waals surface area contributed by atoms with E-state index in [-0.39, 0.29) is 12.3 Å². The number of ether oxygens (including phenoxy) is 1. The van der Waals surface area contributed by atoms with E-state index in [1.54, 1.807) is 24.0 Å². The molecule has 8 heteroatoms. The summed E-state index contributed by atoms with van der Waals surface area (Å²) in [6, 6.07) is 7.56. The zero-order valence-corrected chi connectivity index (χ0v) is 13.3. The fourth-order valence-corrected chi connectivity index (χ4v) is 2.02. The Hall–Kier alpha value is -2.57. The molecular formula is C14H12BrN5O2. The molecule has 1 aromatic heterocycles. The van der Waals surface area contributed by atoms with Gasteiger partial charge in [0.2, 0.25) is 0 Å². The molecule has 0 aliphatic heterocycles. The van der Waals surface area contributed by atoms with Crippen LogP contribution in [-0.2, 0) is 9.53 Å². The maximum absolute atomic E-state index is 11.8. The number of aromatic nitrogens is 2. The first-order valence-electron chi connectivity index (χ1n) is 6.38. The number of halogens is 1. The van der Waals surface area contributed by atoms with E-state index in [4.69, 9.17) is 10.3 Å². The van der Waals surface area contributed by atoms with E-state index >= 15 is 0 Å². The number of imidazole rings is 1. The Balaban J connectivity index is 2.42. The maximum atomic E-state index is 11.8. The van der Waals surface area contributed by atoms with Crippen molar-refractivity contribution in [1.29, 1.82) is 0 Å². The van der Waals surface area contributed by atoms with Crippen molar-refractivity contribution in [2.75, 3.05) is 6.61 Å². The molecule has 0 aliphatic rings. The average molecular weight is 362 g/mol. The van der Waals surface area contributed by atoms with Crippen LogP contribution in [0.1, 0.15) is 12.6 Å². The summed E-state index contributed by atoms with van der Waals surface area (Å²) in [4.78, 5) is 18.5. The topological polar surface area (TPSA) is 92.9 Å². The van der Waals surface area contributed by atoms with Crippen LogP contribution in [-0.4, -0.2) is 22.1 Å². The molecule has 2 rings (SSSR count). The summed E-state index contributed by atoms with van der Waals surface area (Å²) in [6.45, 7) is 1.88. The highest BCUT2D eigenvalue weighted by Crippen LogP contribution is 2.18. The van der Waals surface area contributed by atoms with Crippen LogP contribution >= 0.6 is 15.9 Å². The monoisotopic (exact) mass is 361 g/mol. The highest BCUT2D eigenvalue weighted by molar-refractivity contribution is 9.10. The SMILES string of the molecule is CCOC(=O)/C(=C/c1cncn1-c1ccc(Br)cc1)N=[N+]=[N-]. The first kappa shape index (κ1) is 15.8. The summed E-state index contributed by atoms with van der Waals surface area (Å²) in [5.74, 6) is -0.677.